The summed E-state index contributed by atoms with van der Waals surface area (Å²) in [7, 11) is 0. The van der Waals surface area contributed by atoms with E-state index in [0.29, 0.717) is 5.76 Å². The van der Waals surface area contributed by atoms with Gasteiger partial charge in [-0.3, -0.25) is 0 Å². The fraction of sp³-hybridized carbons (Fsp3) is 0.111. The number of hydrogen-bond acceptors (Lipinski definition) is 4. The van der Waals surface area contributed by atoms with E-state index in [2.05, 4.69) is 0 Å². The predicted octanol–water partition coefficient (Wildman–Crippen LogP) is 1.12. The van der Waals surface area contributed by atoms with Gasteiger partial charge in [0.1, 0.15) is 5.76 Å². The highest BCUT2D eigenvalue weighted by atomic mass is 16.7. The summed E-state index contributed by atoms with van der Waals surface area (Å²) < 4.78 is 5.93. The molecule has 0 aliphatic rings. The second-order valence-electron chi connectivity index (χ2n) is 2.70. The average molecular weight is 195 g/mol. The molecule has 0 atom stereocenters. The van der Waals surface area contributed by atoms with Crippen LogP contribution < -0.4 is 4.84 Å². The van der Waals surface area contributed by atoms with Crippen LogP contribution in [0.3, 0.4) is 0 Å². The maximum absolute atomic E-state index is 9.21. The molecule has 2 aromatic heterocycles. The zero-order valence-electron chi connectivity index (χ0n) is 7.25. The Hall–Kier alpha value is -2.04. The smallest absolute Gasteiger partial charge is 0.229 e. The zero-order valence-corrected chi connectivity index (χ0v) is 7.25. The van der Waals surface area contributed by atoms with Crippen LogP contribution in [-0.4, -0.2) is 14.9 Å². The molecule has 0 amide bonds. The fourth-order valence-corrected chi connectivity index (χ4v) is 1.06. The molecule has 2 aromatic rings. The van der Waals surface area contributed by atoms with Crippen molar-refractivity contribution < 1.29 is 19.5 Å². The van der Waals surface area contributed by atoms with Crippen molar-refractivity contribution in [1.29, 1.82) is 0 Å². The second kappa shape index (κ2) is 3.37. The first-order valence-electron chi connectivity index (χ1n) is 4.03. The molecular formula is C9H9NO4. The van der Waals surface area contributed by atoms with Crippen molar-refractivity contribution in [2.75, 3.05) is 0 Å². The molecule has 5 nitrogen and oxygen atoms in total. The highest BCUT2D eigenvalue weighted by molar-refractivity contribution is 5.21. The van der Waals surface area contributed by atoms with Gasteiger partial charge in [-0.25, -0.2) is 0 Å². The number of hydrogen-bond donors (Lipinski definition) is 2. The van der Waals surface area contributed by atoms with Crippen LogP contribution >= 0.6 is 0 Å². The van der Waals surface area contributed by atoms with Crippen molar-refractivity contribution in [3.8, 4) is 11.8 Å². The summed E-state index contributed by atoms with van der Waals surface area (Å²) in [5.74, 6) is 0.292. The van der Waals surface area contributed by atoms with E-state index in [-0.39, 0.29) is 18.4 Å². The Morgan fingerprint density at radius 1 is 1.21 bits per heavy atom. The molecule has 0 fully saturated rings. The summed E-state index contributed by atoms with van der Waals surface area (Å²) in [6.45, 7) is 0.142. The lowest BCUT2D eigenvalue weighted by atomic mass is 10.5. The number of aromatic nitrogens is 1. The van der Waals surface area contributed by atoms with Crippen molar-refractivity contribution in [2.24, 2.45) is 0 Å². The van der Waals surface area contributed by atoms with Gasteiger partial charge in [0, 0.05) is 12.1 Å². The summed E-state index contributed by atoms with van der Waals surface area (Å²) in [5.41, 5.74) is 0. The summed E-state index contributed by atoms with van der Waals surface area (Å²) in [5, 5.41) is 18.4. The molecular weight excluding hydrogens is 186 g/mol. The van der Waals surface area contributed by atoms with Gasteiger partial charge in [-0.1, -0.05) is 0 Å². The Balaban J connectivity index is 2.05. The molecule has 74 valence electrons. The molecule has 14 heavy (non-hydrogen) atoms. The molecule has 0 aliphatic carbocycles. The Bertz CT molecular complexity index is 385. The third kappa shape index (κ3) is 1.52. The lowest BCUT2D eigenvalue weighted by molar-refractivity contribution is 0.0549. The maximum atomic E-state index is 9.21. The van der Waals surface area contributed by atoms with Crippen molar-refractivity contribution in [3.63, 3.8) is 0 Å². The van der Waals surface area contributed by atoms with Crippen LogP contribution in [0.1, 0.15) is 5.76 Å². The highest BCUT2D eigenvalue weighted by Gasteiger charge is 2.07. The molecule has 5 heteroatoms. The van der Waals surface area contributed by atoms with Crippen molar-refractivity contribution in [1.82, 2.24) is 4.73 Å². The first kappa shape index (κ1) is 8.55. The minimum atomic E-state index is -0.158. The van der Waals surface area contributed by atoms with Crippen molar-refractivity contribution in [2.45, 2.75) is 6.61 Å². The second-order valence-corrected chi connectivity index (χ2v) is 2.70. The first-order chi connectivity index (χ1) is 6.77. The standard InChI is InChI=1S/C9H9NO4/c11-8-3-4-9(12)10(8)14-6-7-2-1-5-13-7/h1-5,11-12H,6H2. The van der Waals surface area contributed by atoms with E-state index in [0.717, 1.165) is 4.73 Å². The third-order valence-corrected chi connectivity index (χ3v) is 1.71. The van der Waals surface area contributed by atoms with Crippen LogP contribution in [0.15, 0.2) is 34.9 Å². The molecule has 0 spiro atoms. The lowest BCUT2D eigenvalue weighted by Gasteiger charge is -2.06. The first-order valence-corrected chi connectivity index (χ1v) is 4.03. The lowest BCUT2D eigenvalue weighted by Crippen LogP contribution is -2.09. The van der Waals surface area contributed by atoms with Gasteiger partial charge in [-0.2, -0.15) is 0 Å². The zero-order chi connectivity index (χ0) is 9.97. The fourth-order valence-electron chi connectivity index (χ4n) is 1.06. The van der Waals surface area contributed by atoms with Crippen LogP contribution in [0.4, 0.5) is 0 Å². The van der Waals surface area contributed by atoms with Crippen LogP contribution in [0, 0.1) is 0 Å². The molecule has 0 saturated carbocycles. The van der Waals surface area contributed by atoms with Gasteiger partial charge in [-0.05, 0) is 12.1 Å². The average Bonchev–Trinajstić information content (AvgIpc) is 2.76. The van der Waals surface area contributed by atoms with Gasteiger partial charge in [0.25, 0.3) is 0 Å². The molecule has 0 bridgehead atoms. The van der Waals surface area contributed by atoms with Gasteiger partial charge >= 0.3 is 0 Å². The van der Waals surface area contributed by atoms with Gasteiger partial charge in [0.15, 0.2) is 6.61 Å². The quantitative estimate of drug-likeness (QED) is 0.770. The molecule has 0 unspecified atom stereocenters. The van der Waals surface area contributed by atoms with Gasteiger partial charge in [0.2, 0.25) is 11.8 Å². The van der Waals surface area contributed by atoms with E-state index in [1.54, 1.807) is 12.1 Å². The Kier molecular flexibility index (Phi) is 2.06. The summed E-state index contributed by atoms with van der Waals surface area (Å²) in [6, 6.07) is 6.13. The number of nitrogens with zero attached hydrogens (tertiary/aromatic N) is 1. The van der Waals surface area contributed by atoms with E-state index in [1.807, 2.05) is 0 Å². The molecule has 0 radical (unpaired) electrons. The van der Waals surface area contributed by atoms with Gasteiger partial charge in [0.05, 0.1) is 6.26 Å². The Morgan fingerprint density at radius 3 is 2.50 bits per heavy atom. The van der Waals surface area contributed by atoms with E-state index >= 15 is 0 Å². The highest BCUT2D eigenvalue weighted by Crippen LogP contribution is 2.19. The van der Waals surface area contributed by atoms with E-state index in [1.165, 1.54) is 18.4 Å². The third-order valence-electron chi connectivity index (χ3n) is 1.71. The monoisotopic (exact) mass is 195 g/mol. The van der Waals surface area contributed by atoms with Crippen LogP contribution in [-0.2, 0) is 6.61 Å². The van der Waals surface area contributed by atoms with Gasteiger partial charge < -0.3 is 19.5 Å². The molecule has 2 N–H and O–H groups in total. The minimum absolute atomic E-state index is 0.142. The van der Waals surface area contributed by atoms with Crippen LogP contribution in [0.2, 0.25) is 0 Å². The normalized spacial score (nSPS) is 10.3. The summed E-state index contributed by atoms with van der Waals surface area (Å²) in [6.07, 6.45) is 1.52. The molecule has 0 aromatic carbocycles. The predicted molar refractivity (Wildman–Crippen MR) is 46.8 cm³/mol. The van der Waals surface area contributed by atoms with Crippen LogP contribution in [0.5, 0.6) is 11.8 Å². The Labute approximate surface area is 79.7 Å². The number of rotatable bonds is 3. The van der Waals surface area contributed by atoms with Crippen molar-refractivity contribution >= 4 is 0 Å². The number of aromatic hydroxyl groups is 2. The van der Waals surface area contributed by atoms with E-state index in [9.17, 15) is 10.2 Å². The van der Waals surface area contributed by atoms with Gasteiger partial charge in [-0.15, -0.1) is 4.73 Å². The van der Waals surface area contributed by atoms with E-state index in [4.69, 9.17) is 9.25 Å². The largest absolute Gasteiger partial charge is 0.492 e. The number of furan rings is 1. The summed E-state index contributed by atoms with van der Waals surface area (Å²) in [4.78, 5) is 5.07. The van der Waals surface area contributed by atoms with Crippen LogP contribution in [0.25, 0.3) is 0 Å². The maximum Gasteiger partial charge on any atom is 0.229 e. The molecule has 0 saturated heterocycles. The Morgan fingerprint density at radius 2 is 1.93 bits per heavy atom. The molecule has 0 aliphatic heterocycles. The van der Waals surface area contributed by atoms with Crippen molar-refractivity contribution in [3.05, 3.63) is 36.3 Å². The SMILES string of the molecule is Oc1ccc(O)n1OCc1ccco1. The summed E-state index contributed by atoms with van der Waals surface area (Å²) >= 11 is 0. The topological polar surface area (TPSA) is 67.8 Å². The van der Waals surface area contributed by atoms with E-state index < -0.39 is 0 Å². The molecule has 2 rings (SSSR count). The molecule has 2 heterocycles. The minimum Gasteiger partial charge on any atom is -0.492 e.